The van der Waals surface area contributed by atoms with Crippen LogP contribution in [0.5, 0.6) is 0 Å². The summed E-state index contributed by atoms with van der Waals surface area (Å²) >= 11 is 0. The van der Waals surface area contributed by atoms with E-state index in [4.69, 9.17) is 4.74 Å². The van der Waals surface area contributed by atoms with Gasteiger partial charge in [-0.3, -0.25) is 9.67 Å². The number of aliphatic hydroxyl groups excluding tert-OH is 1. The van der Waals surface area contributed by atoms with E-state index < -0.39 is 0 Å². The number of rotatable bonds is 8. The lowest BCUT2D eigenvalue weighted by Gasteiger charge is -2.27. The van der Waals surface area contributed by atoms with Crippen molar-refractivity contribution in [2.45, 2.75) is 46.1 Å². The molecule has 1 aliphatic heterocycles. The number of hydrogen-bond donors (Lipinski definition) is 3. The van der Waals surface area contributed by atoms with E-state index in [-0.39, 0.29) is 12.0 Å². The Hall–Kier alpha value is -1.60. The summed E-state index contributed by atoms with van der Waals surface area (Å²) in [6.07, 6.45) is 3.61. The summed E-state index contributed by atoms with van der Waals surface area (Å²) in [4.78, 5) is 4.34. The monoisotopic (exact) mass is 351 g/mol. The van der Waals surface area contributed by atoms with Crippen molar-refractivity contribution >= 4 is 5.96 Å². The van der Waals surface area contributed by atoms with E-state index in [0.29, 0.717) is 13.2 Å². The molecule has 0 radical (unpaired) electrons. The zero-order chi connectivity index (χ0) is 18.3. The molecule has 1 aromatic heterocycles. The van der Waals surface area contributed by atoms with Crippen LogP contribution in [0, 0.1) is 5.41 Å². The fraction of sp³-hybridized carbons (Fsp3) is 0.778. The van der Waals surface area contributed by atoms with Crippen LogP contribution in [0.4, 0.5) is 0 Å². The number of aliphatic imine (C=N–C) groups is 1. The van der Waals surface area contributed by atoms with Gasteiger partial charge in [-0.15, -0.1) is 0 Å². The highest BCUT2D eigenvalue weighted by Crippen LogP contribution is 2.31. The fourth-order valence-electron chi connectivity index (χ4n) is 3.57. The molecule has 2 rings (SSSR count). The van der Waals surface area contributed by atoms with Crippen LogP contribution in [0.2, 0.25) is 0 Å². The van der Waals surface area contributed by atoms with Gasteiger partial charge in [0.05, 0.1) is 12.3 Å². The average molecular weight is 351 g/mol. The molecule has 1 saturated heterocycles. The predicted molar refractivity (Wildman–Crippen MR) is 99.7 cm³/mol. The van der Waals surface area contributed by atoms with Crippen molar-refractivity contribution in [3.05, 3.63) is 17.0 Å². The number of ether oxygens (including phenoxy) is 1. The molecule has 0 spiro atoms. The number of aliphatic hydroxyl groups is 1. The van der Waals surface area contributed by atoms with Crippen LogP contribution in [-0.2, 0) is 31.2 Å². The van der Waals surface area contributed by atoms with Gasteiger partial charge in [0, 0.05) is 57.1 Å². The first-order chi connectivity index (χ1) is 12.1. The largest absolute Gasteiger partial charge is 0.396 e. The number of aromatic nitrogens is 2. The number of aryl methyl sites for hydroxylation is 2. The Kier molecular flexibility index (Phi) is 7.25. The van der Waals surface area contributed by atoms with E-state index in [1.54, 1.807) is 7.05 Å². The van der Waals surface area contributed by atoms with Crippen LogP contribution < -0.4 is 10.6 Å². The van der Waals surface area contributed by atoms with Crippen molar-refractivity contribution in [3.8, 4) is 0 Å². The van der Waals surface area contributed by atoms with E-state index in [1.165, 1.54) is 11.3 Å². The third-order valence-corrected chi connectivity index (χ3v) is 5.14. The first-order valence-corrected chi connectivity index (χ1v) is 9.26. The van der Waals surface area contributed by atoms with Crippen molar-refractivity contribution in [2.75, 3.05) is 33.4 Å². The zero-order valence-electron chi connectivity index (χ0n) is 16.1. The molecule has 0 aromatic carbocycles. The summed E-state index contributed by atoms with van der Waals surface area (Å²) in [5, 5.41) is 20.8. The molecule has 0 aliphatic carbocycles. The number of hydrogen-bond acceptors (Lipinski definition) is 4. The summed E-state index contributed by atoms with van der Waals surface area (Å²) in [6.45, 7) is 7.41. The van der Waals surface area contributed by atoms with Crippen LogP contribution in [0.1, 0.15) is 43.6 Å². The molecule has 1 aromatic rings. The Morgan fingerprint density at radius 3 is 2.72 bits per heavy atom. The van der Waals surface area contributed by atoms with Crippen molar-refractivity contribution in [1.29, 1.82) is 0 Å². The number of nitrogens with zero attached hydrogens (tertiary/aromatic N) is 3. The van der Waals surface area contributed by atoms with Crippen molar-refractivity contribution in [1.82, 2.24) is 20.4 Å². The number of guanidine groups is 1. The number of nitrogens with one attached hydrogen (secondary N) is 2. The topological polar surface area (TPSA) is 83.7 Å². The maximum absolute atomic E-state index is 9.35. The SMILES string of the molecule is CCc1nn(C)c(CC)c1CNC(=NC)NCC1(CCO)CCOC1. The van der Waals surface area contributed by atoms with Gasteiger partial charge < -0.3 is 20.5 Å². The van der Waals surface area contributed by atoms with E-state index in [2.05, 4.69) is 34.6 Å². The highest BCUT2D eigenvalue weighted by atomic mass is 16.5. The lowest BCUT2D eigenvalue weighted by atomic mass is 9.84. The van der Waals surface area contributed by atoms with E-state index in [9.17, 15) is 5.11 Å². The Bertz CT molecular complexity index is 576. The van der Waals surface area contributed by atoms with Gasteiger partial charge >= 0.3 is 0 Å². The maximum atomic E-state index is 9.35. The molecular weight excluding hydrogens is 318 g/mol. The predicted octanol–water partition coefficient (Wildman–Crippen LogP) is 0.999. The molecule has 25 heavy (non-hydrogen) atoms. The van der Waals surface area contributed by atoms with Gasteiger partial charge in [0.15, 0.2) is 5.96 Å². The molecule has 0 amide bonds. The second-order valence-electron chi connectivity index (χ2n) is 6.76. The zero-order valence-corrected chi connectivity index (χ0v) is 16.1. The van der Waals surface area contributed by atoms with Crippen LogP contribution in [0.3, 0.4) is 0 Å². The normalized spacial score (nSPS) is 20.9. The fourth-order valence-corrected chi connectivity index (χ4v) is 3.57. The van der Waals surface area contributed by atoms with E-state index in [0.717, 1.165) is 50.5 Å². The van der Waals surface area contributed by atoms with Gasteiger partial charge in [-0.1, -0.05) is 13.8 Å². The summed E-state index contributed by atoms with van der Waals surface area (Å²) in [7, 11) is 3.79. The average Bonchev–Trinajstić information content (AvgIpc) is 3.19. The molecule has 0 saturated carbocycles. The second kappa shape index (κ2) is 9.20. The molecule has 1 fully saturated rings. The highest BCUT2D eigenvalue weighted by molar-refractivity contribution is 5.79. The standard InChI is InChI=1S/C18H33N5O2/c1-5-15-14(16(6-2)23(4)22-15)11-20-17(19-3)21-12-18(7-9-24)8-10-25-13-18/h24H,5-13H2,1-4H3,(H2,19,20,21). The smallest absolute Gasteiger partial charge is 0.191 e. The summed E-state index contributed by atoms with van der Waals surface area (Å²) in [5.41, 5.74) is 3.68. The lowest BCUT2D eigenvalue weighted by molar-refractivity contribution is 0.127. The molecule has 1 unspecified atom stereocenters. The minimum Gasteiger partial charge on any atom is -0.396 e. The molecule has 0 bridgehead atoms. The molecule has 7 nitrogen and oxygen atoms in total. The summed E-state index contributed by atoms with van der Waals surface area (Å²) < 4.78 is 7.53. The van der Waals surface area contributed by atoms with Crippen LogP contribution in [0.15, 0.2) is 4.99 Å². The van der Waals surface area contributed by atoms with Gasteiger partial charge in [-0.2, -0.15) is 5.10 Å². The van der Waals surface area contributed by atoms with Gasteiger partial charge in [-0.25, -0.2) is 0 Å². The maximum Gasteiger partial charge on any atom is 0.191 e. The van der Waals surface area contributed by atoms with Gasteiger partial charge in [0.1, 0.15) is 0 Å². The summed E-state index contributed by atoms with van der Waals surface area (Å²) in [6, 6.07) is 0. The van der Waals surface area contributed by atoms with Crippen LogP contribution in [0.25, 0.3) is 0 Å². The minimum absolute atomic E-state index is 0.00380. The van der Waals surface area contributed by atoms with E-state index in [1.807, 2.05) is 11.7 Å². The minimum atomic E-state index is 0.00380. The Balaban J connectivity index is 1.97. The van der Waals surface area contributed by atoms with Gasteiger partial charge in [0.2, 0.25) is 0 Å². The Labute approximate surface area is 150 Å². The molecule has 1 aliphatic rings. The molecular formula is C18H33N5O2. The van der Waals surface area contributed by atoms with Gasteiger partial charge in [0.25, 0.3) is 0 Å². The van der Waals surface area contributed by atoms with Crippen molar-refractivity contribution in [3.63, 3.8) is 0 Å². The van der Waals surface area contributed by atoms with Gasteiger partial charge in [-0.05, 0) is 25.7 Å². The summed E-state index contributed by atoms with van der Waals surface area (Å²) in [5.74, 6) is 0.775. The molecule has 1 atom stereocenters. The molecule has 2 heterocycles. The first kappa shape index (κ1) is 19.7. The second-order valence-corrected chi connectivity index (χ2v) is 6.76. The Morgan fingerprint density at radius 1 is 1.36 bits per heavy atom. The first-order valence-electron chi connectivity index (χ1n) is 9.26. The third-order valence-electron chi connectivity index (χ3n) is 5.14. The third kappa shape index (κ3) is 4.73. The Morgan fingerprint density at radius 2 is 2.16 bits per heavy atom. The highest BCUT2D eigenvalue weighted by Gasteiger charge is 2.34. The molecule has 7 heteroatoms. The molecule has 142 valence electrons. The van der Waals surface area contributed by atoms with Crippen LogP contribution in [-0.4, -0.2) is 54.3 Å². The van der Waals surface area contributed by atoms with Crippen molar-refractivity contribution in [2.24, 2.45) is 17.5 Å². The van der Waals surface area contributed by atoms with Crippen molar-refractivity contribution < 1.29 is 9.84 Å². The lowest BCUT2D eigenvalue weighted by Crippen LogP contribution is -2.44. The van der Waals surface area contributed by atoms with E-state index >= 15 is 0 Å². The molecule has 3 N–H and O–H groups in total. The quantitative estimate of drug-likeness (QED) is 0.481. The van der Waals surface area contributed by atoms with Crippen LogP contribution >= 0.6 is 0 Å².